The van der Waals surface area contributed by atoms with Gasteiger partial charge in [0, 0.05) is 31.7 Å². The predicted octanol–water partition coefficient (Wildman–Crippen LogP) is 3.31. The first-order valence-corrected chi connectivity index (χ1v) is 8.48. The Morgan fingerprint density at radius 3 is 2.48 bits per heavy atom. The minimum absolute atomic E-state index is 0.186. The minimum atomic E-state index is 0.186. The largest absolute Gasteiger partial charge is 0.339 e. The number of nitrogens with zero attached hydrogens (tertiary/aromatic N) is 1. The van der Waals surface area contributed by atoms with Gasteiger partial charge in [0.1, 0.15) is 0 Å². The van der Waals surface area contributed by atoms with E-state index in [1.54, 1.807) is 0 Å². The van der Waals surface area contributed by atoms with Gasteiger partial charge >= 0.3 is 0 Å². The van der Waals surface area contributed by atoms with Crippen LogP contribution in [0.2, 0.25) is 0 Å². The van der Waals surface area contributed by atoms with Crippen molar-refractivity contribution in [3.05, 3.63) is 70.8 Å². The third kappa shape index (κ3) is 2.89. The highest BCUT2D eigenvalue weighted by molar-refractivity contribution is 5.94. The summed E-state index contributed by atoms with van der Waals surface area (Å²) in [5.74, 6) is 0.774. The van der Waals surface area contributed by atoms with Crippen molar-refractivity contribution in [3.8, 4) is 0 Å². The summed E-state index contributed by atoms with van der Waals surface area (Å²) < 4.78 is 0. The molecule has 0 radical (unpaired) electrons. The summed E-state index contributed by atoms with van der Waals surface area (Å²) in [7, 11) is 0. The number of hydrogen-bond acceptors (Lipinski definition) is 2. The van der Waals surface area contributed by atoms with Crippen molar-refractivity contribution in [2.24, 2.45) is 0 Å². The molecule has 0 unspecified atom stereocenters. The molecule has 0 saturated carbocycles. The Morgan fingerprint density at radius 2 is 1.70 bits per heavy atom. The van der Waals surface area contributed by atoms with Gasteiger partial charge in [0.05, 0.1) is 0 Å². The molecular weight excluding hydrogens is 284 g/mol. The number of nitrogens with one attached hydrogen (secondary N) is 1. The molecule has 0 aromatic heterocycles. The molecule has 2 aliphatic heterocycles. The fourth-order valence-corrected chi connectivity index (χ4v) is 3.75. The van der Waals surface area contributed by atoms with E-state index in [9.17, 15) is 4.79 Å². The van der Waals surface area contributed by atoms with E-state index in [0.29, 0.717) is 5.92 Å². The number of rotatable bonds is 2. The number of fused-ring (bicyclic) bond motifs is 1. The smallest absolute Gasteiger partial charge is 0.253 e. The second-order valence-corrected chi connectivity index (χ2v) is 6.56. The summed E-state index contributed by atoms with van der Waals surface area (Å²) in [6, 6.07) is 16.8. The number of piperidine rings is 1. The fourth-order valence-electron chi connectivity index (χ4n) is 3.75. The molecule has 1 amide bonds. The maximum absolute atomic E-state index is 12.7. The van der Waals surface area contributed by atoms with Crippen molar-refractivity contribution < 1.29 is 4.79 Å². The van der Waals surface area contributed by atoms with Gasteiger partial charge in [0.15, 0.2) is 0 Å². The molecule has 1 N–H and O–H groups in total. The van der Waals surface area contributed by atoms with Crippen LogP contribution in [0.1, 0.15) is 45.8 Å². The van der Waals surface area contributed by atoms with Gasteiger partial charge in [-0.3, -0.25) is 4.79 Å². The minimum Gasteiger partial charge on any atom is -0.339 e. The van der Waals surface area contributed by atoms with E-state index in [2.05, 4.69) is 47.8 Å². The van der Waals surface area contributed by atoms with Crippen LogP contribution in [0.25, 0.3) is 0 Å². The van der Waals surface area contributed by atoms with Gasteiger partial charge < -0.3 is 10.2 Å². The Morgan fingerprint density at radius 1 is 0.957 bits per heavy atom. The Bertz CT molecular complexity index is 703. The average Bonchev–Trinajstić information content (AvgIpc) is 3.10. The van der Waals surface area contributed by atoms with Crippen LogP contribution < -0.4 is 5.32 Å². The highest BCUT2D eigenvalue weighted by Crippen LogP contribution is 2.28. The summed E-state index contributed by atoms with van der Waals surface area (Å²) >= 11 is 0. The molecule has 2 aliphatic rings. The van der Waals surface area contributed by atoms with Crippen molar-refractivity contribution in [1.82, 2.24) is 10.2 Å². The Hall–Kier alpha value is -2.13. The molecule has 0 aliphatic carbocycles. The lowest BCUT2D eigenvalue weighted by Crippen LogP contribution is -2.37. The summed E-state index contributed by atoms with van der Waals surface area (Å²) in [5, 5.41) is 3.33. The van der Waals surface area contributed by atoms with Crippen LogP contribution in [0, 0.1) is 0 Å². The van der Waals surface area contributed by atoms with Crippen LogP contribution in [0.15, 0.2) is 48.5 Å². The van der Waals surface area contributed by atoms with Crippen molar-refractivity contribution >= 4 is 5.91 Å². The highest BCUT2D eigenvalue weighted by atomic mass is 16.2. The van der Waals surface area contributed by atoms with E-state index in [1.807, 2.05) is 11.0 Å². The van der Waals surface area contributed by atoms with Crippen molar-refractivity contribution in [3.63, 3.8) is 0 Å². The van der Waals surface area contributed by atoms with Crippen molar-refractivity contribution in [2.75, 3.05) is 13.1 Å². The first-order valence-electron chi connectivity index (χ1n) is 8.48. The number of hydrogen-bond donors (Lipinski definition) is 1. The van der Waals surface area contributed by atoms with E-state index in [1.165, 1.54) is 16.7 Å². The van der Waals surface area contributed by atoms with E-state index >= 15 is 0 Å². The topological polar surface area (TPSA) is 32.3 Å². The van der Waals surface area contributed by atoms with E-state index in [4.69, 9.17) is 0 Å². The number of carbonyl (C=O) groups is 1. The zero-order valence-corrected chi connectivity index (χ0v) is 13.3. The molecule has 118 valence electrons. The predicted molar refractivity (Wildman–Crippen MR) is 91.3 cm³/mol. The SMILES string of the molecule is O=C(c1ccc2c(c1)CNC2)N1CCC(c2ccccc2)CC1. The zero-order valence-electron chi connectivity index (χ0n) is 13.3. The molecule has 0 spiro atoms. The summed E-state index contributed by atoms with van der Waals surface area (Å²) in [6.07, 6.45) is 2.12. The van der Waals surface area contributed by atoms with E-state index in [0.717, 1.165) is 44.6 Å². The lowest BCUT2D eigenvalue weighted by molar-refractivity contribution is 0.0713. The van der Waals surface area contributed by atoms with Crippen LogP contribution in [0.4, 0.5) is 0 Å². The average molecular weight is 306 g/mol. The number of carbonyl (C=O) groups excluding carboxylic acids is 1. The Labute approximate surface area is 137 Å². The second kappa shape index (κ2) is 6.17. The lowest BCUT2D eigenvalue weighted by Gasteiger charge is -2.32. The quantitative estimate of drug-likeness (QED) is 0.923. The highest BCUT2D eigenvalue weighted by Gasteiger charge is 2.25. The van der Waals surface area contributed by atoms with Gasteiger partial charge in [0.2, 0.25) is 0 Å². The second-order valence-electron chi connectivity index (χ2n) is 6.56. The molecule has 0 atom stereocenters. The maximum atomic E-state index is 12.7. The van der Waals surface area contributed by atoms with Gasteiger partial charge in [-0.25, -0.2) is 0 Å². The van der Waals surface area contributed by atoms with E-state index in [-0.39, 0.29) is 5.91 Å². The van der Waals surface area contributed by atoms with Gasteiger partial charge in [-0.2, -0.15) is 0 Å². The number of likely N-dealkylation sites (tertiary alicyclic amines) is 1. The van der Waals surface area contributed by atoms with Crippen LogP contribution in [-0.2, 0) is 13.1 Å². The molecule has 4 rings (SSSR count). The first kappa shape index (κ1) is 14.5. The van der Waals surface area contributed by atoms with Crippen molar-refractivity contribution in [1.29, 1.82) is 0 Å². The molecule has 0 bridgehead atoms. The molecule has 1 saturated heterocycles. The molecule has 1 fully saturated rings. The van der Waals surface area contributed by atoms with Gasteiger partial charge in [-0.15, -0.1) is 0 Å². The van der Waals surface area contributed by atoms with Crippen LogP contribution >= 0.6 is 0 Å². The molecule has 2 aromatic rings. The normalized spacial score (nSPS) is 18.0. The Kier molecular flexibility index (Phi) is 3.88. The van der Waals surface area contributed by atoms with Crippen LogP contribution in [-0.4, -0.2) is 23.9 Å². The number of amides is 1. The molecule has 3 heteroatoms. The summed E-state index contributed by atoms with van der Waals surface area (Å²) in [5.41, 5.74) is 4.84. The van der Waals surface area contributed by atoms with Gasteiger partial charge in [-0.1, -0.05) is 36.4 Å². The summed E-state index contributed by atoms with van der Waals surface area (Å²) in [4.78, 5) is 14.8. The molecule has 2 heterocycles. The third-order valence-corrected chi connectivity index (χ3v) is 5.14. The molecule has 3 nitrogen and oxygen atoms in total. The van der Waals surface area contributed by atoms with Crippen molar-refractivity contribution in [2.45, 2.75) is 31.8 Å². The fraction of sp³-hybridized carbons (Fsp3) is 0.350. The lowest BCUT2D eigenvalue weighted by atomic mass is 9.89. The third-order valence-electron chi connectivity index (χ3n) is 5.14. The van der Waals surface area contributed by atoms with Crippen LogP contribution in [0.5, 0.6) is 0 Å². The zero-order chi connectivity index (χ0) is 15.6. The van der Waals surface area contributed by atoms with Gasteiger partial charge in [0.25, 0.3) is 5.91 Å². The molecule has 2 aromatic carbocycles. The Balaban J connectivity index is 1.43. The summed E-state index contributed by atoms with van der Waals surface area (Å²) in [6.45, 7) is 3.51. The standard InChI is InChI=1S/C20H22N2O/c23-20(17-6-7-18-13-21-14-19(18)12-17)22-10-8-16(9-11-22)15-4-2-1-3-5-15/h1-7,12,16,21H,8-11,13-14H2. The molecular formula is C20H22N2O. The first-order chi connectivity index (χ1) is 11.3. The molecule has 23 heavy (non-hydrogen) atoms. The number of benzene rings is 2. The van der Waals surface area contributed by atoms with E-state index < -0.39 is 0 Å². The monoisotopic (exact) mass is 306 g/mol. The van der Waals surface area contributed by atoms with Crippen LogP contribution in [0.3, 0.4) is 0 Å². The van der Waals surface area contributed by atoms with Gasteiger partial charge in [-0.05, 0) is 47.6 Å². The maximum Gasteiger partial charge on any atom is 0.253 e.